The van der Waals surface area contributed by atoms with E-state index in [1.807, 2.05) is 30.3 Å². The molecule has 0 bridgehead atoms. The average molecular weight is 265 g/mol. The highest BCUT2D eigenvalue weighted by atomic mass is 16.7. The summed E-state index contributed by atoms with van der Waals surface area (Å²) in [5.41, 5.74) is 0.914. The number of carbonyl (C=O) groups excluding carboxylic acids is 1. The second-order valence-corrected chi connectivity index (χ2v) is 3.96. The number of hydrogen-bond donors (Lipinski definition) is 1. The minimum atomic E-state index is -1.09. The molecule has 0 saturated heterocycles. The van der Waals surface area contributed by atoms with E-state index in [2.05, 4.69) is 6.58 Å². The van der Waals surface area contributed by atoms with Gasteiger partial charge in [-0.05, 0) is 5.56 Å². The summed E-state index contributed by atoms with van der Waals surface area (Å²) in [5, 5.41) is 10.8. The molecule has 0 aliphatic rings. The van der Waals surface area contributed by atoms with E-state index >= 15 is 0 Å². The van der Waals surface area contributed by atoms with Gasteiger partial charge in [-0.25, -0.2) is 5.06 Å². The number of aliphatic hydroxyl groups is 1. The molecule has 2 atom stereocenters. The summed E-state index contributed by atoms with van der Waals surface area (Å²) in [4.78, 5) is 16.8. The van der Waals surface area contributed by atoms with Crippen molar-refractivity contribution in [3.8, 4) is 0 Å². The molecule has 1 N–H and O–H groups in total. The maximum absolute atomic E-state index is 12.0. The van der Waals surface area contributed by atoms with Crippen LogP contribution in [0.5, 0.6) is 0 Å². The van der Waals surface area contributed by atoms with Crippen molar-refractivity contribution in [3.63, 3.8) is 0 Å². The molecule has 0 aromatic heterocycles. The van der Waals surface area contributed by atoms with Crippen LogP contribution in [0.25, 0.3) is 0 Å². The number of nitrogens with zero attached hydrogens (tertiary/aromatic N) is 1. The van der Waals surface area contributed by atoms with E-state index in [1.54, 1.807) is 0 Å². The van der Waals surface area contributed by atoms with E-state index in [-0.39, 0.29) is 6.61 Å². The first kappa shape index (κ1) is 15.4. The second kappa shape index (κ2) is 7.68. The zero-order chi connectivity index (χ0) is 14.3. The first-order valence-electron chi connectivity index (χ1n) is 5.88. The van der Waals surface area contributed by atoms with Crippen molar-refractivity contribution < 1.29 is 19.5 Å². The highest BCUT2D eigenvalue weighted by Crippen LogP contribution is 2.10. The van der Waals surface area contributed by atoms with Crippen molar-refractivity contribution in [1.82, 2.24) is 5.06 Å². The molecule has 1 aromatic rings. The van der Waals surface area contributed by atoms with Gasteiger partial charge in [-0.15, -0.1) is 6.58 Å². The topological polar surface area (TPSA) is 59.0 Å². The zero-order valence-electron chi connectivity index (χ0n) is 11.2. The van der Waals surface area contributed by atoms with Crippen molar-refractivity contribution in [2.45, 2.75) is 18.8 Å². The predicted molar refractivity (Wildman–Crippen MR) is 71.0 cm³/mol. The van der Waals surface area contributed by atoms with Crippen LogP contribution in [0.2, 0.25) is 0 Å². The number of rotatable bonds is 7. The Hall–Kier alpha value is -1.69. The number of aliphatic hydroxyl groups excluding tert-OH is 1. The minimum Gasteiger partial charge on any atom is -0.386 e. The smallest absolute Gasteiger partial charge is 0.278 e. The van der Waals surface area contributed by atoms with Crippen LogP contribution in [0.3, 0.4) is 0 Å². The van der Waals surface area contributed by atoms with Gasteiger partial charge in [0.1, 0.15) is 6.10 Å². The molecule has 0 unspecified atom stereocenters. The fourth-order valence-corrected chi connectivity index (χ4v) is 1.47. The highest BCUT2D eigenvalue weighted by molar-refractivity contribution is 5.80. The molecule has 104 valence electrons. The van der Waals surface area contributed by atoms with Crippen LogP contribution < -0.4 is 0 Å². The fourth-order valence-electron chi connectivity index (χ4n) is 1.47. The van der Waals surface area contributed by atoms with Crippen LogP contribution in [-0.4, -0.2) is 42.4 Å². The molecule has 0 fully saturated rings. The van der Waals surface area contributed by atoms with Crippen molar-refractivity contribution in [1.29, 1.82) is 0 Å². The number of ether oxygens (including phenoxy) is 1. The second-order valence-electron chi connectivity index (χ2n) is 3.96. The highest BCUT2D eigenvalue weighted by Gasteiger charge is 2.28. The molecule has 1 amide bonds. The Kier molecular flexibility index (Phi) is 6.21. The van der Waals surface area contributed by atoms with Gasteiger partial charge in [0.15, 0.2) is 6.10 Å². The molecule has 5 heteroatoms. The predicted octanol–water partition coefficient (Wildman–Crippen LogP) is 1.14. The lowest BCUT2D eigenvalue weighted by molar-refractivity contribution is -0.186. The van der Waals surface area contributed by atoms with E-state index < -0.39 is 18.1 Å². The quantitative estimate of drug-likeness (QED) is 0.593. The molecule has 0 heterocycles. The number of carbonyl (C=O) groups is 1. The molecule has 0 saturated carbocycles. The van der Waals surface area contributed by atoms with E-state index in [4.69, 9.17) is 9.57 Å². The monoisotopic (exact) mass is 265 g/mol. The fraction of sp³-hybridized carbons (Fsp3) is 0.357. The molecule has 0 aliphatic carbocycles. The summed E-state index contributed by atoms with van der Waals surface area (Å²) in [5.74, 6) is -0.467. The third-order valence-electron chi connectivity index (χ3n) is 2.65. The molecule has 1 aromatic carbocycles. The standard InChI is InChI=1S/C14H19NO4/c1-4-12(16)13(14(17)15(2)18-3)19-10-11-8-6-5-7-9-11/h4-9,12-13,16H,1,10H2,2-3H3/t12-,13+/m0/s1. The molecule has 1 rings (SSSR count). The summed E-state index contributed by atoms with van der Waals surface area (Å²) in [6, 6.07) is 9.40. The molecular formula is C14H19NO4. The Bertz CT molecular complexity index is 407. The Morgan fingerprint density at radius 3 is 2.63 bits per heavy atom. The normalized spacial score (nSPS) is 13.6. The third kappa shape index (κ3) is 4.48. The third-order valence-corrected chi connectivity index (χ3v) is 2.65. The molecule has 5 nitrogen and oxygen atoms in total. The van der Waals surface area contributed by atoms with Crippen LogP contribution in [0, 0.1) is 0 Å². The largest absolute Gasteiger partial charge is 0.386 e. The van der Waals surface area contributed by atoms with Gasteiger partial charge in [0.25, 0.3) is 5.91 Å². The van der Waals surface area contributed by atoms with E-state index in [0.717, 1.165) is 10.6 Å². The number of hydroxylamine groups is 2. The van der Waals surface area contributed by atoms with Crippen molar-refractivity contribution in [2.24, 2.45) is 0 Å². The zero-order valence-corrected chi connectivity index (χ0v) is 11.2. The Labute approximate surface area is 113 Å². The number of hydrogen-bond acceptors (Lipinski definition) is 4. The Balaban J connectivity index is 2.70. The SMILES string of the molecule is C=C[C@H](O)[C@@H](OCc1ccccc1)C(=O)N(C)OC. The number of likely N-dealkylation sites (N-methyl/N-ethyl adjacent to an activating group) is 1. The van der Waals surface area contributed by atoms with Gasteiger partial charge in [0, 0.05) is 7.05 Å². The van der Waals surface area contributed by atoms with Crippen LogP contribution in [0.1, 0.15) is 5.56 Å². The Morgan fingerprint density at radius 2 is 2.11 bits per heavy atom. The van der Waals surface area contributed by atoms with Gasteiger partial charge in [-0.1, -0.05) is 36.4 Å². The maximum Gasteiger partial charge on any atom is 0.278 e. The van der Waals surface area contributed by atoms with Gasteiger partial charge in [-0.2, -0.15) is 0 Å². The van der Waals surface area contributed by atoms with Gasteiger partial charge >= 0.3 is 0 Å². The van der Waals surface area contributed by atoms with Gasteiger partial charge in [-0.3, -0.25) is 9.63 Å². The minimum absolute atomic E-state index is 0.222. The van der Waals surface area contributed by atoms with Crippen molar-refractivity contribution >= 4 is 5.91 Å². The molecule has 0 spiro atoms. The lowest BCUT2D eigenvalue weighted by atomic mass is 10.2. The van der Waals surface area contributed by atoms with Gasteiger partial charge in [0.2, 0.25) is 0 Å². The molecular weight excluding hydrogens is 246 g/mol. The summed E-state index contributed by atoms with van der Waals surface area (Å²) >= 11 is 0. The van der Waals surface area contributed by atoms with Crippen molar-refractivity contribution in [3.05, 3.63) is 48.6 Å². The lowest BCUT2D eigenvalue weighted by Crippen LogP contribution is -2.43. The van der Waals surface area contributed by atoms with Crippen LogP contribution in [-0.2, 0) is 21.0 Å². The summed E-state index contributed by atoms with van der Waals surface area (Å²) in [6.45, 7) is 3.68. The van der Waals surface area contributed by atoms with Crippen LogP contribution in [0.15, 0.2) is 43.0 Å². The van der Waals surface area contributed by atoms with E-state index in [9.17, 15) is 9.90 Å². The van der Waals surface area contributed by atoms with Crippen LogP contribution in [0.4, 0.5) is 0 Å². The molecule has 19 heavy (non-hydrogen) atoms. The first-order valence-corrected chi connectivity index (χ1v) is 5.88. The van der Waals surface area contributed by atoms with Gasteiger partial charge < -0.3 is 9.84 Å². The lowest BCUT2D eigenvalue weighted by Gasteiger charge is -2.24. The van der Waals surface area contributed by atoms with E-state index in [1.165, 1.54) is 20.2 Å². The van der Waals surface area contributed by atoms with Crippen molar-refractivity contribution in [2.75, 3.05) is 14.2 Å². The summed E-state index contributed by atoms with van der Waals surface area (Å²) < 4.78 is 5.47. The average Bonchev–Trinajstić information content (AvgIpc) is 2.47. The number of benzene rings is 1. The summed E-state index contributed by atoms with van der Waals surface area (Å²) in [6.07, 6.45) is -0.867. The van der Waals surface area contributed by atoms with E-state index in [0.29, 0.717) is 0 Å². The first-order chi connectivity index (χ1) is 9.10. The maximum atomic E-state index is 12.0. The molecule has 0 aliphatic heterocycles. The van der Waals surface area contributed by atoms with Crippen LogP contribution >= 0.6 is 0 Å². The Morgan fingerprint density at radius 1 is 1.47 bits per heavy atom. The summed E-state index contributed by atoms with van der Waals surface area (Å²) in [7, 11) is 2.82. The number of amides is 1. The van der Waals surface area contributed by atoms with Gasteiger partial charge in [0.05, 0.1) is 13.7 Å². The molecule has 0 radical (unpaired) electrons.